The number of aryl methyl sites for hydroxylation is 1. The van der Waals surface area contributed by atoms with Crippen LogP contribution in [0.4, 0.5) is 0 Å². The average molecular weight is 165 g/mol. The van der Waals surface area contributed by atoms with Crippen LogP contribution in [0.1, 0.15) is 17.7 Å². The largest absolute Gasteiger partial charge is 0.313 e. The summed E-state index contributed by atoms with van der Waals surface area (Å²) in [6.07, 6.45) is 3.45. The van der Waals surface area contributed by atoms with E-state index < -0.39 is 0 Å². The topological polar surface area (TPSA) is 57.8 Å². The van der Waals surface area contributed by atoms with E-state index in [0.717, 1.165) is 30.6 Å². The summed E-state index contributed by atoms with van der Waals surface area (Å²) in [5, 5.41) is 3.18. The molecule has 0 spiro atoms. The van der Waals surface area contributed by atoms with Crippen molar-refractivity contribution < 1.29 is 0 Å². The molecule has 0 unspecified atom stereocenters. The molecular weight excluding hydrogens is 154 g/mol. The fourth-order valence-corrected chi connectivity index (χ4v) is 1.46. The van der Waals surface area contributed by atoms with Gasteiger partial charge in [0.15, 0.2) is 0 Å². The lowest BCUT2D eigenvalue weighted by Gasteiger charge is -2.00. The SMILES string of the molecule is O=c1[nH]cnc2c1CNCCC2. The highest BCUT2D eigenvalue weighted by molar-refractivity contribution is 5.17. The minimum absolute atomic E-state index is 0.00519. The zero-order chi connectivity index (χ0) is 8.39. The van der Waals surface area contributed by atoms with Gasteiger partial charge in [0, 0.05) is 6.54 Å². The van der Waals surface area contributed by atoms with Gasteiger partial charge < -0.3 is 10.3 Å². The van der Waals surface area contributed by atoms with Gasteiger partial charge in [0.2, 0.25) is 0 Å². The number of fused-ring (bicyclic) bond motifs is 1. The van der Waals surface area contributed by atoms with Crippen LogP contribution in [0.5, 0.6) is 0 Å². The van der Waals surface area contributed by atoms with Crippen LogP contribution in [0.3, 0.4) is 0 Å². The fourth-order valence-electron chi connectivity index (χ4n) is 1.46. The van der Waals surface area contributed by atoms with Crippen molar-refractivity contribution in [3.63, 3.8) is 0 Å². The summed E-state index contributed by atoms with van der Waals surface area (Å²) in [7, 11) is 0. The summed E-state index contributed by atoms with van der Waals surface area (Å²) in [5.74, 6) is 0. The van der Waals surface area contributed by atoms with Gasteiger partial charge in [-0.1, -0.05) is 0 Å². The second kappa shape index (κ2) is 3.06. The number of hydrogen-bond donors (Lipinski definition) is 2. The van der Waals surface area contributed by atoms with Gasteiger partial charge in [-0.25, -0.2) is 4.98 Å². The van der Waals surface area contributed by atoms with Crippen LogP contribution in [0.15, 0.2) is 11.1 Å². The number of aromatic nitrogens is 2. The number of H-pyrrole nitrogens is 1. The lowest BCUT2D eigenvalue weighted by molar-refractivity contribution is 0.678. The first-order valence-corrected chi connectivity index (χ1v) is 4.14. The number of nitrogens with zero attached hydrogens (tertiary/aromatic N) is 1. The summed E-state index contributed by atoms with van der Waals surface area (Å²) in [5.41, 5.74) is 1.74. The molecule has 0 amide bonds. The molecule has 4 heteroatoms. The van der Waals surface area contributed by atoms with Crippen LogP contribution >= 0.6 is 0 Å². The van der Waals surface area contributed by atoms with E-state index in [4.69, 9.17) is 0 Å². The van der Waals surface area contributed by atoms with Crippen molar-refractivity contribution in [2.75, 3.05) is 6.54 Å². The van der Waals surface area contributed by atoms with Crippen LogP contribution < -0.4 is 10.9 Å². The van der Waals surface area contributed by atoms with Crippen molar-refractivity contribution in [1.29, 1.82) is 0 Å². The van der Waals surface area contributed by atoms with E-state index in [9.17, 15) is 4.79 Å². The Morgan fingerprint density at radius 1 is 1.50 bits per heavy atom. The van der Waals surface area contributed by atoms with Crippen molar-refractivity contribution in [2.45, 2.75) is 19.4 Å². The maximum absolute atomic E-state index is 11.3. The summed E-state index contributed by atoms with van der Waals surface area (Å²) < 4.78 is 0. The Bertz CT molecular complexity index is 331. The summed E-state index contributed by atoms with van der Waals surface area (Å²) in [6, 6.07) is 0. The van der Waals surface area contributed by atoms with Crippen molar-refractivity contribution in [3.05, 3.63) is 27.9 Å². The molecule has 0 bridgehead atoms. The molecule has 1 aliphatic heterocycles. The molecule has 2 heterocycles. The lowest BCUT2D eigenvalue weighted by atomic mass is 10.2. The summed E-state index contributed by atoms with van der Waals surface area (Å²) in [4.78, 5) is 18.0. The molecule has 0 atom stereocenters. The van der Waals surface area contributed by atoms with Gasteiger partial charge in [0.05, 0.1) is 17.6 Å². The molecule has 2 rings (SSSR count). The molecule has 12 heavy (non-hydrogen) atoms. The summed E-state index contributed by atoms with van der Waals surface area (Å²) in [6.45, 7) is 1.62. The first-order chi connectivity index (χ1) is 5.88. The van der Waals surface area contributed by atoms with Crippen molar-refractivity contribution in [1.82, 2.24) is 15.3 Å². The van der Waals surface area contributed by atoms with Gasteiger partial charge in [0.1, 0.15) is 0 Å². The normalized spacial score (nSPS) is 16.7. The number of nitrogens with one attached hydrogen (secondary N) is 2. The Labute approximate surface area is 70.0 Å². The van der Waals surface area contributed by atoms with Gasteiger partial charge in [-0.2, -0.15) is 0 Å². The third kappa shape index (κ3) is 1.25. The summed E-state index contributed by atoms with van der Waals surface area (Å²) >= 11 is 0. The minimum atomic E-state index is -0.00519. The van der Waals surface area contributed by atoms with E-state index in [-0.39, 0.29) is 5.56 Å². The third-order valence-electron chi connectivity index (χ3n) is 2.11. The maximum atomic E-state index is 11.3. The van der Waals surface area contributed by atoms with Gasteiger partial charge in [-0.15, -0.1) is 0 Å². The Kier molecular flexibility index (Phi) is 1.91. The van der Waals surface area contributed by atoms with Crippen LogP contribution in [-0.4, -0.2) is 16.5 Å². The number of rotatable bonds is 0. The van der Waals surface area contributed by atoms with Crippen LogP contribution in [0.2, 0.25) is 0 Å². The van der Waals surface area contributed by atoms with Crippen molar-refractivity contribution in [2.24, 2.45) is 0 Å². The van der Waals surface area contributed by atoms with E-state index in [1.54, 1.807) is 0 Å². The predicted molar refractivity (Wildman–Crippen MR) is 44.9 cm³/mol. The van der Waals surface area contributed by atoms with E-state index in [1.807, 2.05) is 0 Å². The third-order valence-corrected chi connectivity index (χ3v) is 2.11. The monoisotopic (exact) mass is 165 g/mol. The smallest absolute Gasteiger partial charge is 0.255 e. The van der Waals surface area contributed by atoms with Gasteiger partial charge >= 0.3 is 0 Å². The molecule has 0 saturated carbocycles. The number of aromatic amines is 1. The molecule has 64 valence electrons. The Hall–Kier alpha value is -1.16. The first-order valence-electron chi connectivity index (χ1n) is 4.14. The molecule has 2 N–H and O–H groups in total. The quantitative estimate of drug-likeness (QED) is 0.560. The fraction of sp³-hybridized carbons (Fsp3) is 0.500. The zero-order valence-corrected chi connectivity index (χ0v) is 6.76. The maximum Gasteiger partial charge on any atom is 0.255 e. The second-order valence-electron chi connectivity index (χ2n) is 2.94. The molecular formula is C8H11N3O. The highest BCUT2D eigenvalue weighted by Crippen LogP contribution is 2.05. The molecule has 1 aromatic heterocycles. The molecule has 4 nitrogen and oxygen atoms in total. The molecule has 1 aromatic rings. The van der Waals surface area contributed by atoms with Gasteiger partial charge in [0.25, 0.3) is 5.56 Å². The molecule has 0 saturated heterocycles. The van der Waals surface area contributed by atoms with Crippen LogP contribution in [0.25, 0.3) is 0 Å². The van der Waals surface area contributed by atoms with Crippen molar-refractivity contribution >= 4 is 0 Å². The Balaban J connectivity index is 2.49. The molecule has 0 fully saturated rings. The van der Waals surface area contributed by atoms with Crippen LogP contribution in [-0.2, 0) is 13.0 Å². The Morgan fingerprint density at radius 3 is 3.33 bits per heavy atom. The van der Waals surface area contributed by atoms with Gasteiger partial charge in [-0.3, -0.25) is 4.79 Å². The van der Waals surface area contributed by atoms with Gasteiger partial charge in [-0.05, 0) is 19.4 Å². The van der Waals surface area contributed by atoms with Crippen molar-refractivity contribution in [3.8, 4) is 0 Å². The van der Waals surface area contributed by atoms with E-state index >= 15 is 0 Å². The van der Waals surface area contributed by atoms with E-state index in [2.05, 4.69) is 15.3 Å². The standard InChI is InChI=1S/C8H11N3O/c12-8-6-4-9-3-1-2-7(6)10-5-11-8/h5,9H,1-4H2,(H,10,11,12). The highest BCUT2D eigenvalue weighted by Gasteiger charge is 2.10. The average Bonchev–Trinajstić information content (AvgIpc) is 2.30. The zero-order valence-electron chi connectivity index (χ0n) is 6.76. The second-order valence-corrected chi connectivity index (χ2v) is 2.94. The van der Waals surface area contributed by atoms with Crippen LogP contribution in [0, 0.1) is 0 Å². The van der Waals surface area contributed by atoms with E-state index in [1.165, 1.54) is 6.33 Å². The lowest BCUT2D eigenvalue weighted by Crippen LogP contribution is -2.21. The molecule has 0 radical (unpaired) electrons. The minimum Gasteiger partial charge on any atom is -0.313 e. The molecule has 0 aromatic carbocycles. The highest BCUT2D eigenvalue weighted by atomic mass is 16.1. The predicted octanol–water partition coefficient (Wildman–Crippen LogP) is -0.194. The number of hydrogen-bond acceptors (Lipinski definition) is 3. The first kappa shape index (κ1) is 7.49. The Morgan fingerprint density at radius 2 is 2.42 bits per heavy atom. The molecule has 0 aliphatic carbocycles. The molecule has 1 aliphatic rings. The van der Waals surface area contributed by atoms with E-state index in [0.29, 0.717) is 6.54 Å².